The van der Waals surface area contributed by atoms with Crippen LogP contribution in [0.25, 0.3) is 21.9 Å². The van der Waals surface area contributed by atoms with Gasteiger partial charge in [0.05, 0.1) is 11.1 Å². The van der Waals surface area contributed by atoms with Crippen LogP contribution in [0.1, 0.15) is 45.2 Å². The van der Waals surface area contributed by atoms with Gasteiger partial charge in [-0.1, -0.05) is 60.7 Å². The van der Waals surface area contributed by atoms with Gasteiger partial charge in [0.2, 0.25) is 0 Å². The van der Waals surface area contributed by atoms with Gasteiger partial charge in [-0.05, 0) is 74.0 Å². The van der Waals surface area contributed by atoms with Crippen LogP contribution in [0.4, 0.5) is 26.3 Å². The largest absolute Gasteiger partial charge is 0.416 e. The Morgan fingerprint density at radius 1 is 0.650 bits per heavy atom. The Hall–Kier alpha value is -4.82. The Morgan fingerprint density at radius 3 is 1.75 bits per heavy atom. The van der Waals surface area contributed by atoms with E-state index in [4.69, 9.17) is 0 Å². The molecule has 40 heavy (non-hydrogen) atoms. The second-order valence-electron chi connectivity index (χ2n) is 9.70. The monoisotopic (exact) mass is 542 g/mol. The number of hydrogen-bond donors (Lipinski definition) is 0. The molecule has 0 amide bonds. The average molecular weight is 542 g/mol. The lowest BCUT2D eigenvalue weighted by Gasteiger charge is -2.23. The summed E-state index contributed by atoms with van der Waals surface area (Å²) in [6, 6.07) is 24.4. The number of nitrogens with zero attached hydrogens (tertiary/aromatic N) is 2. The molecule has 0 saturated heterocycles. The summed E-state index contributed by atoms with van der Waals surface area (Å²) in [5.74, 6) is -1.19. The number of halogens is 6. The Labute approximate surface area is 224 Å². The van der Waals surface area contributed by atoms with Crippen molar-refractivity contribution in [2.24, 2.45) is 0 Å². The molecular formula is C32H16F6N2. The first-order chi connectivity index (χ1) is 19.0. The standard InChI is InChI=1S/C32H16F6N2/c33-31(34,35)21-11-7-18(8-12-21)26-28(20(15-39)16-40)27(19-9-13-22(14-10-19)32(36,37)38)30-24-6-2-4-17-3-1-5-23(25(17)24)29(26)30/h1-14,26,29H. The van der Waals surface area contributed by atoms with Gasteiger partial charge in [-0.2, -0.15) is 36.9 Å². The molecule has 2 atom stereocenters. The van der Waals surface area contributed by atoms with Crippen LogP contribution in [0.3, 0.4) is 0 Å². The zero-order valence-corrected chi connectivity index (χ0v) is 20.4. The summed E-state index contributed by atoms with van der Waals surface area (Å²) in [5.41, 5.74) is 2.07. The van der Waals surface area contributed by atoms with Crippen molar-refractivity contribution < 1.29 is 26.3 Å². The minimum absolute atomic E-state index is 0.244. The summed E-state index contributed by atoms with van der Waals surface area (Å²) >= 11 is 0. The number of benzene rings is 4. The molecule has 2 unspecified atom stereocenters. The molecule has 0 aliphatic heterocycles. The van der Waals surface area contributed by atoms with Crippen LogP contribution in [0.5, 0.6) is 0 Å². The molecule has 0 fully saturated rings. The van der Waals surface area contributed by atoms with Gasteiger partial charge in [0.15, 0.2) is 0 Å². The maximum atomic E-state index is 13.4. The lowest BCUT2D eigenvalue weighted by atomic mass is 9.79. The molecular weight excluding hydrogens is 526 g/mol. The predicted octanol–water partition coefficient (Wildman–Crippen LogP) is 9.03. The molecule has 2 nitrogen and oxygen atoms in total. The second-order valence-corrected chi connectivity index (χ2v) is 9.70. The van der Waals surface area contributed by atoms with Gasteiger partial charge < -0.3 is 0 Å². The van der Waals surface area contributed by atoms with Crippen molar-refractivity contribution in [1.82, 2.24) is 0 Å². The van der Waals surface area contributed by atoms with Crippen molar-refractivity contribution in [2.45, 2.75) is 24.2 Å². The van der Waals surface area contributed by atoms with E-state index in [0.29, 0.717) is 16.7 Å². The van der Waals surface area contributed by atoms with Crippen LogP contribution in [-0.2, 0) is 12.4 Å². The van der Waals surface area contributed by atoms with E-state index in [1.54, 1.807) is 0 Å². The summed E-state index contributed by atoms with van der Waals surface area (Å²) in [4.78, 5) is 0. The lowest BCUT2D eigenvalue weighted by molar-refractivity contribution is -0.138. The van der Waals surface area contributed by atoms with Crippen molar-refractivity contribution in [1.29, 1.82) is 10.5 Å². The Balaban J connectivity index is 1.68. The van der Waals surface area contributed by atoms with Crippen molar-refractivity contribution in [3.8, 4) is 12.1 Å². The minimum atomic E-state index is -4.56. The summed E-state index contributed by atoms with van der Waals surface area (Å²) in [5, 5.41) is 21.8. The molecule has 0 aromatic heterocycles. The van der Waals surface area contributed by atoms with Crippen LogP contribution < -0.4 is 0 Å². The van der Waals surface area contributed by atoms with Gasteiger partial charge in [-0.15, -0.1) is 0 Å². The Bertz CT molecular complexity index is 1810. The summed E-state index contributed by atoms with van der Waals surface area (Å²) in [6.07, 6.45) is -9.11. The number of nitriles is 2. The molecule has 2 aliphatic rings. The van der Waals surface area contributed by atoms with Gasteiger partial charge in [0, 0.05) is 11.8 Å². The van der Waals surface area contributed by atoms with E-state index in [1.165, 1.54) is 24.3 Å². The average Bonchev–Trinajstić information content (AvgIpc) is 3.44. The number of allylic oxidation sites excluding steroid dienone is 4. The smallest absolute Gasteiger partial charge is 0.192 e. The number of hydrogen-bond acceptors (Lipinski definition) is 2. The molecule has 2 aliphatic carbocycles. The maximum absolute atomic E-state index is 13.4. The molecule has 8 heteroatoms. The first-order valence-corrected chi connectivity index (χ1v) is 12.2. The summed E-state index contributed by atoms with van der Waals surface area (Å²) in [6.45, 7) is 0. The van der Waals surface area contributed by atoms with Crippen LogP contribution >= 0.6 is 0 Å². The third-order valence-electron chi connectivity index (χ3n) is 7.65. The fourth-order valence-corrected chi connectivity index (χ4v) is 6.08. The second kappa shape index (κ2) is 8.86. The Kier molecular flexibility index (Phi) is 5.64. The highest BCUT2D eigenvalue weighted by Gasteiger charge is 2.47. The predicted molar refractivity (Wildman–Crippen MR) is 137 cm³/mol. The van der Waals surface area contributed by atoms with Gasteiger partial charge in [-0.3, -0.25) is 0 Å². The fraction of sp³-hybridized carbons (Fsp3) is 0.125. The molecule has 4 aromatic carbocycles. The highest BCUT2D eigenvalue weighted by molar-refractivity contribution is 6.16. The Morgan fingerprint density at radius 2 is 1.20 bits per heavy atom. The van der Waals surface area contributed by atoms with Crippen molar-refractivity contribution in [3.05, 3.63) is 129 Å². The fourth-order valence-electron chi connectivity index (χ4n) is 6.08. The number of fused-ring (bicyclic) bond motifs is 3. The summed E-state index contributed by atoms with van der Waals surface area (Å²) < 4.78 is 80.2. The van der Waals surface area contributed by atoms with Gasteiger partial charge in [-0.25, -0.2) is 0 Å². The number of alkyl halides is 6. The lowest BCUT2D eigenvalue weighted by Crippen LogP contribution is -2.10. The topological polar surface area (TPSA) is 47.6 Å². The van der Waals surface area contributed by atoms with Gasteiger partial charge >= 0.3 is 12.4 Å². The van der Waals surface area contributed by atoms with Gasteiger partial charge in [0.25, 0.3) is 0 Å². The third-order valence-corrected chi connectivity index (χ3v) is 7.65. The first kappa shape index (κ1) is 25.5. The molecule has 0 heterocycles. The van der Waals surface area contributed by atoms with Crippen LogP contribution in [0.2, 0.25) is 0 Å². The zero-order chi connectivity index (χ0) is 28.4. The molecule has 4 aromatic rings. The van der Waals surface area contributed by atoms with E-state index in [0.717, 1.165) is 51.7 Å². The van der Waals surface area contributed by atoms with E-state index in [-0.39, 0.29) is 11.1 Å². The van der Waals surface area contributed by atoms with E-state index in [9.17, 15) is 36.9 Å². The SMILES string of the molecule is N#CC(C#N)=C1C(c2ccc(C(F)(F)F)cc2)=C2c3cccc4cccc(c34)C2C1c1ccc(C(F)(F)F)cc1. The van der Waals surface area contributed by atoms with Gasteiger partial charge in [0.1, 0.15) is 17.7 Å². The van der Waals surface area contributed by atoms with Crippen molar-refractivity contribution >= 4 is 21.9 Å². The van der Waals surface area contributed by atoms with Crippen LogP contribution in [-0.4, -0.2) is 0 Å². The van der Waals surface area contributed by atoms with E-state index in [2.05, 4.69) is 0 Å². The number of rotatable bonds is 2. The zero-order valence-electron chi connectivity index (χ0n) is 20.4. The quantitative estimate of drug-likeness (QED) is 0.187. The summed E-state index contributed by atoms with van der Waals surface area (Å²) in [7, 11) is 0. The highest BCUT2D eigenvalue weighted by Crippen LogP contribution is 2.64. The molecule has 0 radical (unpaired) electrons. The van der Waals surface area contributed by atoms with E-state index >= 15 is 0 Å². The van der Waals surface area contributed by atoms with E-state index < -0.39 is 35.3 Å². The van der Waals surface area contributed by atoms with Crippen molar-refractivity contribution in [2.75, 3.05) is 0 Å². The van der Waals surface area contributed by atoms with Crippen LogP contribution in [0.15, 0.2) is 96.1 Å². The van der Waals surface area contributed by atoms with Crippen molar-refractivity contribution in [3.63, 3.8) is 0 Å². The highest BCUT2D eigenvalue weighted by atomic mass is 19.4. The van der Waals surface area contributed by atoms with E-state index in [1.807, 2.05) is 48.5 Å². The molecule has 6 rings (SSSR count). The molecule has 0 bridgehead atoms. The minimum Gasteiger partial charge on any atom is -0.192 e. The third kappa shape index (κ3) is 3.79. The molecule has 196 valence electrons. The maximum Gasteiger partial charge on any atom is 0.416 e. The van der Waals surface area contributed by atoms with Crippen LogP contribution in [0, 0.1) is 22.7 Å². The normalized spacial score (nSPS) is 18.1. The molecule has 0 N–H and O–H groups in total. The first-order valence-electron chi connectivity index (χ1n) is 12.2. The molecule has 0 saturated carbocycles. The molecule has 0 spiro atoms.